The highest BCUT2D eigenvalue weighted by Gasteiger charge is 2.22. The summed E-state index contributed by atoms with van der Waals surface area (Å²) in [5.41, 5.74) is 4.11. The Morgan fingerprint density at radius 3 is 2.67 bits per heavy atom. The largest absolute Gasteiger partial charge is 0.330 e. The third kappa shape index (κ3) is 1.84. The minimum Gasteiger partial charge on any atom is -0.330 e. The van der Waals surface area contributed by atoms with E-state index in [9.17, 15) is 4.79 Å². The highest BCUT2D eigenvalue weighted by molar-refractivity contribution is 6.03. The summed E-state index contributed by atoms with van der Waals surface area (Å²) in [6.07, 6.45) is 0. The summed E-state index contributed by atoms with van der Waals surface area (Å²) in [4.78, 5) is 13.8. The number of anilines is 3. The van der Waals surface area contributed by atoms with Gasteiger partial charge >= 0.3 is 0 Å². The van der Waals surface area contributed by atoms with Gasteiger partial charge in [0.05, 0.1) is 11.4 Å². The van der Waals surface area contributed by atoms with E-state index in [1.807, 2.05) is 48.2 Å². The summed E-state index contributed by atoms with van der Waals surface area (Å²) >= 11 is 0. The molecule has 2 aromatic carbocycles. The fraction of sp³-hybridized carbons (Fsp3) is 0.133. The third-order valence-electron chi connectivity index (χ3n) is 3.09. The van der Waals surface area contributed by atoms with Gasteiger partial charge in [0, 0.05) is 5.69 Å². The Morgan fingerprint density at radius 1 is 1.11 bits per heavy atom. The first kappa shape index (κ1) is 10.8. The van der Waals surface area contributed by atoms with Crippen LogP contribution in [0.4, 0.5) is 17.1 Å². The van der Waals surface area contributed by atoms with Crippen molar-refractivity contribution in [3.05, 3.63) is 54.1 Å². The van der Waals surface area contributed by atoms with Gasteiger partial charge in [-0.05, 0) is 36.8 Å². The molecule has 3 heteroatoms. The van der Waals surface area contributed by atoms with E-state index in [1.54, 1.807) is 0 Å². The standard InChI is InChI=1S/C15H14N2O/c1-11-7-8-14-13(9-11)16-15(18)10-17(14)12-5-3-2-4-6-12/h2-9H,10H2,1H3,(H,16,18). The lowest BCUT2D eigenvalue weighted by molar-refractivity contribution is -0.115. The van der Waals surface area contributed by atoms with Crippen LogP contribution in [0.2, 0.25) is 0 Å². The van der Waals surface area contributed by atoms with E-state index >= 15 is 0 Å². The molecule has 1 amide bonds. The molecule has 0 aromatic heterocycles. The molecule has 3 rings (SSSR count). The normalized spacial score (nSPS) is 14.1. The number of amides is 1. The van der Waals surface area contributed by atoms with Crippen LogP contribution in [0.1, 0.15) is 5.56 Å². The number of para-hydroxylation sites is 1. The molecule has 0 aliphatic carbocycles. The molecule has 0 spiro atoms. The lowest BCUT2D eigenvalue weighted by Gasteiger charge is -2.31. The van der Waals surface area contributed by atoms with E-state index in [0.717, 1.165) is 22.6 Å². The molecule has 1 heterocycles. The van der Waals surface area contributed by atoms with Gasteiger partial charge in [0.25, 0.3) is 0 Å². The fourth-order valence-electron chi connectivity index (χ4n) is 2.24. The smallest absolute Gasteiger partial charge is 0.244 e. The average molecular weight is 238 g/mol. The Balaban J connectivity index is 2.10. The van der Waals surface area contributed by atoms with Gasteiger partial charge in [-0.1, -0.05) is 24.3 Å². The fourth-order valence-corrected chi connectivity index (χ4v) is 2.24. The van der Waals surface area contributed by atoms with Gasteiger partial charge in [0.2, 0.25) is 5.91 Å². The zero-order chi connectivity index (χ0) is 12.5. The first-order valence-electron chi connectivity index (χ1n) is 5.97. The maximum atomic E-state index is 11.8. The third-order valence-corrected chi connectivity index (χ3v) is 3.09. The molecule has 0 saturated carbocycles. The van der Waals surface area contributed by atoms with Crippen LogP contribution in [0.3, 0.4) is 0 Å². The number of aryl methyl sites for hydroxylation is 1. The number of benzene rings is 2. The number of fused-ring (bicyclic) bond motifs is 1. The predicted octanol–water partition coefficient (Wildman–Crippen LogP) is 3.09. The number of carbonyl (C=O) groups is 1. The van der Waals surface area contributed by atoms with Gasteiger partial charge in [-0.15, -0.1) is 0 Å². The maximum Gasteiger partial charge on any atom is 0.244 e. The van der Waals surface area contributed by atoms with Gasteiger partial charge in [0.1, 0.15) is 6.54 Å². The highest BCUT2D eigenvalue weighted by atomic mass is 16.2. The number of carbonyl (C=O) groups excluding carboxylic acids is 1. The second kappa shape index (κ2) is 4.18. The zero-order valence-corrected chi connectivity index (χ0v) is 10.2. The Kier molecular flexibility index (Phi) is 2.52. The van der Waals surface area contributed by atoms with Crippen LogP contribution in [-0.2, 0) is 4.79 Å². The quantitative estimate of drug-likeness (QED) is 0.828. The zero-order valence-electron chi connectivity index (χ0n) is 10.2. The molecule has 2 aromatic rings. The number of hydrogen-bond acceptors (Lipinski definition) is 2. The average Bonchev–Trinajstić information content (AvgIpc) is 2.38. The van der Waals surface area contributed by atoms with Crippen molar-refractivity contribution >= 4 is 23.0 Å². The van der Waals surface area contributed by atoms with E-state index < -0.39 is 0 Å². The SMILES string of the molecule is Cc1ccc2c(c1)NC(=O)CN2c1ccccc1. The Bertz CT molecular complexity index is 593. The molecule has 18 heavy (non-hydrogen) atoms. The van der Waals surface area contributed by atoms with E-state index in [4.69, 9.17) is 0 Å². The van der Waals surface area contributed by atoms with Crippen LogP contribution in [0.5, 0.6) is 0 Å². The summed E-state index contributed by atoms with van der Waals surface area (Å²) in [5, 5.41) is 2.92. The number of nitrogens with one attached hydrogen (secondary N) is 1. The summed E-state index contributed by atoms with van der Waals surface area (Å²) in [6.45, 7) is 2.38. The molecular weight excluding hydrogens is 224 g/mol. The topological polar surface area (TPSA) is 32.3 Å². The summed E-state index contributed by atoms with van der Waals surface area (Å²) in [5.74, 6) is 0.0250. The second-order valence-corrected chi connectivity index (χ2v) is 4.49. The van der Waals surface area contributed by atoms with Crippen LogP contribution >= 0.6 is 0 Å². The second-order valence-electron chi connectivity index (χ2n) is 4.49. The minimum absolute atomic E-state index is 0.0250. The summed E-state index contributed by atoms with van der Waals surface area (Å²) in [6, 6.07) is 16.1. The van der Waals surface area contributed by atoms with Gasteiger partial charge in [-0.3, -0.25) is 4.79 Å². The van der Waals surface area contributed by atoms with Gasteiger partial charge in [0.15, 0.2) is 0 Å². The van der Waals surface area contributed by atoms with E-state index in [0.29, 0.717) is 6.54 Å². The molecule has 3 nitrogen and oxygen atoms in total. The molecule has 1 N–H and O–H groups in total. The van der Waals surface area contributed by atoms with Crippen molar-refractivity contribution in [2.45, 2.75) is 6.92 Å². The lowest BCUT2D eigenvalue weighted by atomic mass is 10.1. The monoisotopic (exact) mass is 238 g/mol. The van der Waals surface area contributed by atoms with Crippen LogP contribution in [-0.4, -0.2) is 12.5 Å². The van der Waals surface area contributed by atoms with Crippen LogP contribution < -0.4 is 10.2 Å². The van der Waals surface area contributed by atoms with Gasteiger partial charge in [-0.25, -0.2) is 0 Å². The van der Waals surface area contributed by atoms with Crippen molar-refractivity contribution < 1.29 is 4.79 Å². The number of rotatable bonds is 1. The lowest BCUT2D eigenvalue weighted by Crippen LogP contribution is -2.35. The highest BCUT2D eigenvalue weighted by Crippen LogP contribution is 2.35. The molecular formula is C15H14N2O. The molecule has 0 unspecified atom stereocenters. The van der Waals surface area contributed by atoms with Crippen molar-refractivity contribution in [2.75, 3.05) is 16.8 Å². The van der Waals surface area contributed by atoms with E-state index in [2.05, 4.69) is 17.4 Å². The van der Waals surface area contributed by atoms with Crippen molar-refractivity contribution in [1.82, 2.24) is 0 Å². The molecule has 0 atom stereocenters. The van der Waals surface area contributed by atoms with Crippen molar-refractivity contribution in [2.24, 2.45) is 0 Å². The molecule has 90 valence electrons. The summed E-state index contributed by atoms with van der Waals surface area (Å²) in [7, 11) is 0. The Hall–Kier alpha value is -2.29. The summed E-state index contributed by atoms with van der Waals surface area (Å²) < 4.78 is 0. The van der Waals surface area contributed by atoms with Crippen LogP contribution in [0.25, 0.3) is 0 Å². The van der Waals surface area contributed by atoms with Crippen LogP contribution in [0.15, 0.2) is 48.5 Å². The van der Waals surface area contributed by atoms with Crippen LogP contribution in [0, 0.1) is 6.92 Å². The predicted molar refractivity (Wildman–Crippen MR) is 73.3 cm³/mol. The molecule has 0 fully saturated rings. The van der Waals surface area contributed by atoms with Crippen molar-refractivity contribution in [1.29, 1.82) is 0 Å². The first-order valence-corrected chi connectivity index (χ1v) is 5.97. The maximum absolute atomic E-state index is 11.8. The molecule has 0 saturated heterocycles. The minimum atomic E-state index is 0.0250. The first-order chi connectivity index (χ1) is 8.74. The van der Waals surface area contributed by atoms with E-state index in [-0.39, 0.29) is 5.91 Å². The molecule has 0 radical (unpaired) electrons. The van der Waals surface area contributed by atoms with Crippen molar-refractivity contribution in [3.63, 3.8) is 0 Å². The molecule has 1 aliphatic heterocycles. The number of hydrogen-bond donors (Lipinski definition) is 1. The van der Waals surface area contributed by atoms with E-state index in [1.165, 1.54) is 0 Å². The molecule has 0 bridgehead atoms. The number of nitrogens with zero attached hydrogens (tertiary/aromatic N) is 1. The molecule has 1 aliphatic rings. The van der Waals surface area contributed by atoms with Gasteiger partial charge < -0.3 is 10.2 Å². The van der Waals surface area contributed by atoms with Gasteiger partial charge in [-0.2, -0.15) is 0 Å². The van der Waals surface area contributed by atoms with Crippen molar-refractivity contribution in [3.8, 4) is 0 Å². The Labute approximate surface area is 106 Å². The Morgan fingerprint density at radius 2 is 1.89 bits per heavy atom.